The number of rotatable bonds is 6. The number of nitro benzene ring substituents is 1. The Labute approximate surface area is 173 Å². The Morgan fingerprint density at radius 2 is 1.63 bits per heavy atom. The number of nitro groups is 1. The van der Waals surface area contributed by atoms with Crippen molar-refractivity contribution in [3.63, 3.8) is 0 Å². The predicted octanol–water partition coefficient (Wildman–Crippen LogP) is 1.76. The number of hydrogen-bond acceptors (Lipinski definition) is 7. The lowest BCUT2D eigenvalue weighted by molar-refractivity contribution is -0.387. The number of ether oxygens (including phenoxy) is 2. The van der Waals surface area contributed by atoms with Crippen LogP contribution in [0, 0.1) is 10.1 Å². The Kier molecular flexibility index (Phi) is 6.22. The minimum Gasteiger partial charge on any atom is -0.493 e. The molecule has 0 spiro atoms. The summed E-state index contributed by atoms with van der Waals surface area (Å²) in [6.07, 6.45) is 0. The lowest BCUT2D eigenvalue weighted by Crippen LogP contribution is -2.50. The van der Waals surface area contributed by atoms with Gasteiger partial charge in [-0.3, -0.25) is 14.9 Å². The Morgan fingerprint density at radius 1 is 1.00 bits per heavy atom. The number of methoxy groups -OCH3 is 2. The zero-order valence-corrected chi connectivity index (χ0v) is 17.3. The molecule has 2 aromatic rings. The first-order chi connectivity index (χ1) is 14.3. The van der Waals surface area contributed by atoms with Crippen molar-refractivity contribution in [1.82, 2.24) is 9.21 Å². The maximum atomic E-state index is 12.9. The third-order valence-electron chi connectivity index (χ3n) is 4.84. The quantitative estimate of drug-likeness (QED) is 0.501. The first-order valence-electron chi connectivity index (χ1n) is 9.04. The molecule has 1 heterocycles. The van der Waals surface area contributed by atoms with Crippen LogP contribution in [0.3, 0.4) is 0 Å². The van der Waals surface area contributed by atoms with E-state index in [0.29, 0.717) is 17.1 Å². The molecule has 3 rings (SSSR count). The van der Waals surface area contributed by atoms with Crippen molar-refractivity contribution >= 4 is 21.6 Å². The van der Waals surface area contributed by atoms with Crippen molar-refractivity contribution in [1.29, 1.82) is 0 Å². The third kappa shape index (κ3) is 4.07. The van der Waals surface area contributed by atoms with Crippen molar-refractivity contribution < 1.29 is 27.6 Å². The number of para-hydroxylation sites is 1. The molecule has 1 aliphatic rings. The van der Waals surface area contributed by atoms with Crippen molar-refractivity contribution in [3.05, 3.63) is 58.1 Å². The molecular weight excluding hydrogens is 414 g/mol. The summed E-state index contributed by atoms with van der Waals surface area (Å²) in [5.41, 5.74) is -0.0796. The maximum Gasteiger partial charge on any atom is 0.289 e. The average Bonchev–Trinajstić information content (AvgIpc) is 2.78. The molecule has 0 N–H and O–H groups in total. The van der Waals surface area contributed by atoms with Gasteiger partial charge in [-0.1, -0.05) is 12.1 Å². The van der Waals surface area contributed by atoms with Crippen molar-refractivity contribution in [2.45, 2.75) is 4.90 Å². The van der Waals surface area contributed by atoms with Crippen LogP contribution >= 0.6 is 0 Å². The van der Waals surface area contributed by atoms with E-state index in [2.05, 4.69) is 0 Å². The van der Waals surface area contributed by atoms with Gasteiger partial charge in [0.25, 0.3) is 11.6 Å². The molecule has 1 amide bonds. The van der Waals surface area contributed by atoms with Crippen molar-refractivity contribution in [3.8, 4) is 11.5 Å². The van der Waals surface area contributed by atoms with E-state index in [-0.39, 0.29) is 37.0 Å². The van der Waals surface area contributed by atoms with Crippen LogP contribution in [0.5, 0.6) is 11.5 Å². The Morgan fingerprint density at radius 3 is 2.23 bits per heavy atom. The van der Waals surface area contributed by atoms with Crippen LogP contribution in [0.15, 0.2) is 47.4 Å². The summed E-state index contributed by atoms with van der Waals surface area (Å²) in [5, 5.41) is 11.2. The van der Waals surface area contributed by atoms with Gasteiger partial charge in [0.1, 0.15) is 0 Å². The Balaban J connectivity index is 1.75. The number of piperazine rings is 1. The monoisotopic (exact) mass is 435 g/mol. The van der Waals surface area contributed by atoms with Crippen LogP contribution in [-0.2, 0) is 10.0 Å². The van der Waals surface area contributed by atoms with E-state index in [1.807, 2.05) is 0 Å². The van der Waals surface area contributed by atoms with Crippen LogP contribution in [-0.4, -0.2) is 68.9 Å². The highest BCUT2D eigenvalue weighted by atomic mass is 32.2. The minimum atomic E-state index is -4.05. The Bertz CT molecular complexity index is 1060. The summed E-state index contributed by atoms with van der Waals surface area (Å²) in [4.78, 5) is 24.5. The smallest absolute Gasteiger partial charge is 0.289 e. The SMILES string of the molecule is COc1ccc(C(=O)N2CCN(S(=O)(=O)c3ccccc3[N+](=O)[O-])CC2)cc1OC. The zero-order valence-electron chi connectivity index (χ0n) is 16.5. The molecule has 0 aromatic heterocycles. The average molecular weight is 435 g/mol. The molecule has 0 saturated carbocycles. The molecule has 0 unspecified atom stereocenters. The number of benzene rings is 2. The van der Waals surface area contributed by atoms with Crippen LogP contribution in [0.2, 0.25) is 0 Å². The molecule has 0 radical (unpaired) electrons. The molecule has 0 bridgehead atoms. The van der Waals surface area contributed by atoms with Gasteiger partial charge in [0.15, 0.2) is 16.4 Å². The number of nitrogens with zero attached hydrogens (tertiary/aromatic N) is 3. The lowest BCUT2D eigenvalue weighted by atomic mass is 10.1. The van der Waals surface area contributed by atoms with Gasteiger partial charge in [-0.2, -0.15) is 4.31 Å². The molecule has 1 aliphatic heterocycles. The lowest BCUT2D eigenvalue weighted by Gasteiger charge is -2.34. The molecule has 0 atom stereocenters. The highest BCUT2D eigenvalue weighted by molar-refractivity contribution is 7.89. The van der Waals surface area contributed by atoms with E-state index >= 15 is 0 Å². The summed E-state index contributed by atoms with van der Waals surface area (Å²) < 4.78 is 37.3. The van der Waals surface area contributed by atoms with Gasteiger partial charge in [0.05, 0.1) is 19.1 Å². The van der Waals surface area contributed by atoms with Gasteiger partial charge < -0.3 is 14.4 Å². The minimum absolute atomic E-state index is 0.0351. The second-order valence-electron chi connectivity index (χ2n) is 6.49. The van der Waals surface area contributed by atoms with E-state index in [0.717, 1.165) is 10.4 Å². The van der Waals surface area contributed by atoms with Gasteiger partial charge in [-0.25, -0.2) is 8.42 Å². The largest absolute Gasteiger partial charge is 0.493 e. The molecule has 2 aromatic carbocycles. The third-order valence-corrected chi connectivity index (χ3v) is 6.78. The summed E-state index contributed by atoms with van der Waals surface area (Å²) in [6, 6.07) is 10.0. The van der Waals surface area contributed by atoms with Crippen LogP contribution < -0.4 is 9.47 Å². The molecule has 11 heteroatoms. The molecule has 30 heavy (non-hydrogen) atoms. The van der Waals surface area contributed by atoms with E-state index in [9.17, 15) is 23.3 Å². The fourth-order valence-electron chi connectivity index (χ4n) is 3.25. The number of hydrogen-bond donors (Lipinski definition) is 0. The standard InChI is InChI=1S/C19H21N3O7S/c1-28-16-8-7-14(13-17(16)29-2)19(23)20-9-11-21(12-10-20)30(26,27)18-6-4-3-5-15(18)22(24)25/h3-8,13H,9-12H2,1-2H3. The maximum absolute atomic E-state index is 12.9. The molecule has 160 valence electrons. The van der Waals surface area contributed by atoms with Crippen LogP contribution in [0.4, 0.5) is 5.69 Å². The molecule has 1 fully saturated rings. The van der Waals surface area contributed by atoms with Crippen molar-refractivity contribution in [2.24, 2.45) is 0 Å². The summed E-state index contributed by atoms with van der Waals surface area (Å²) in [7, 11) is -1.09. The number of amides is 1. The van der Waals surface area contributed by atoms with Gasteiger partial charge in [-0.05, 0) is 24.3 Å². The first kappa shape index (κ1) is 21.5. The van der Waals surface area contributed by atoms with Gasteiger partial charge in [-0.15, -0.1) is 0 Å². The van der Waals surface area contributed by atoms with E-state index in [4.69, 9.17) is 9.47 Å². The van der Waals surface area contributed by atoms with E-state index < -0.39 is 20.6 Å². The summed E-state index contributed by atoms with van der Waals surface area (Å²) in [5.74, 6) is 0.647. The van der Waals surface area contributed by atoms with E-state index in [1.54, 1.807) is 18.2 Å². The highest BCUT2D eigenvalue weighted by Crippen LogP contribution is 2.29. The number of carbonyl (C=O) groups excluding carboxylic acids is 1. The normalized spacial score (nSPS) is 14.9. The fourth-order valence-corrected chi connectivity index (χ4v) is 4.83. The number of carbonyl (C=O) groups is 1. The highest BCUT2D eigenvalue weighted by Gasteiger charge is 2.34. The van der Waals surface area contributed by atoms with Gasteiger partial charge >= 0.3 is 0 Å². The number of sulfonamides is 1. The van der Waals surface area contributed by atoms with Crippen molar-refractivity contribution in [2.75, 3.05) is 40.4 Å². The predicted molar refractivity (Wildman–Crippen MR) is 107 cm³/mol. The topological polar surface area (TPSA) is 119 Å². The second-order valence-corrected chi connectivity index (χ2v) is 8.40. The Hall–Kier alpha value is -3.18. The molecular formula is C19H21N3O7S. The summed E-state index contributed by atoms with van der Waals surface area (Å²) in [6.45, 7) is 0.390. The fraction of sp³-hybridized carbons (Fsp3) is 0.316. The zero-order chi connectivity index (χ0) is 21.9. The second kappa shape index (κ2) is 8.67. The summed E-state index contributed by atoms with van der Waals surface area (Å²) >= 11 is 0. The van der Waals surface area contributed by atoms with Gasteiger partial charge in [0.2, 0.25) is 10.0 Å². The van der Waals surface area contributed by atoms with E-state index in [1.165, 1.54) is 37.3 Å². The molecule has 0 aliphatic carbocycles. The van der Waals surface area contributed by atoms with Gasteiger partial charge in [0, 0.05) is 37.8 Å². The molecule has 10 nitrogen and oxygen atoms in total. The molecule has 1 saturated heterocycles. The van der Waals surface area contributed by atoms with Crippen LogP contribution in [0.25, 0.3) is 0 Å². The first-order valence-corrected chi connectivity index (χ1v) is 10.5. The van der Waals surface area contributed by atoms with Crippen LogP contribution in [0.1, 0.15) is 10.4 Å².